The van der Waals surface area contributed by atoms with Gasteiger partial charge in [-0.2, -0.15) is 0 Å². The summed E-state index contributed by atoms with van der Waals surface area (Å²) in [6, 6.07) is 7.13. The van der Waals surface area contributed by atoms with Gasteiger partial charge in [-0.1, -0.05) is 0 Å². The van der Waals surface area contributed by atoms with Crippen molar-refractivity contribution in [3.05, 3.63) is 23.8 Å². The van der Waals surface area contributed by atoms with Crippen LogP contribution in [0.2, 0.25) is 0 Å². The summed E-state index contributed by atoms with van der Waals surface area (Å²) >= 11 is 0. The Kier molecular flexibility index (Phi) is 4.13. The Bertz CT molecular complexity index is 464. The molecule has 110 valence electrons. The molecule has 0 aliphatic carbocycles. The molecule has 2 heterocycles. The van der Waals surface area contributed by atoms with E-state index < -0.39 is 0 Å². The smallest absolute Gasteiger partial charge is 0.124 e. The summed E-state index contributed by atoms with van der Waals surface area (Å²) in [4.78, 5) is 2.46. The third-order valence-corrected chi connectivity index (χ3v) is 4.53. The molecule has 0 bridgehead atoms. The number of methoxy groups -OCH3 is 1. The Morgan fingerprint density at radius 2 is 2.30 bits per heavy atom. The van der Waals surface area contributed by atoms with Crippen molar-refractivity contribution in [2.24, 2.45) is 0 Å². The highest BCUT2D eigenvalue weighted by molar-refractivity contribution is 5.43. The van der Waals surface area contributed by atoms with Crippen LogP contribution in [0.3, 0.4) is 0 Å². The Hall–Kier alpha value is -1.26. The fourth-order valence-electron chi connectivity index (χ4n) is 3.23. The van der Waals surface area contributed by atoms with Crippen LogP contribution in [0.4, 0.5) is 0 Å². The molecule has 0 aromatic heterocycles. The molecule has 0 spiro atoms. The summed E-state index contributed by atoms with van der Waals surface area (Å²) in [6.07, 6.45) is 3.65. The van der Waals surface area contributed by atoms with Crippen molar-refractivity contribution >= 4 is 0 Å². The highest BCUT2D eigenvalue weighted by Gasteiger charge is 2.25. The molecule has 2 atom stereocenters. The van der Waals surface area contributed by atoms with Gasteiger partial charge in [0, 0.05) is 30.6 Å². The molecule has 20 heavy (non-hydrogen) atoms. The number of fused-ring (bicyclic) bond motifs is 1. The fraction of sp³-hybridized carbons (Fsp3) is 0.625. The number of benzene rings is 1. The first-order valence-corrected chi connectivity index (χ1v) is 7.52. The number of nitrogens with zero attached hydrogens (tertiary/aromatic N) is 1. The lowest BCUT2D eigenvalue weighted by Crippen LogP contribution is -2.38. The van der Waals surface area contributed by atoms with Crippen LogP contribution >= 0.6 is 0 Å². The number of ether oxygens (including phenoxy) is 2. The summed E-state index contributed by atoms with van der Waals surface area (Å²) in [5, 5.41) is 3.72. The lowest BCUT2D eigenvalue weighted by atomic mass is 9.99. The molecule has 1 aromatic carbocycles. The first-order valence-electron chi connectivity index (χ1n) is 7.52. The van der Waals surface area contributed by atoms with Crippen molar-refractivity contribution in [3.8, 4) is 11.5 Å². The lowest BCUT2D eigenvalue weighted by Gasteiger charge is -2.29. The molecule has 0 saturated carbocycles. The van der Waals surface area contributed by atoms with Crippen molar-refractivity contribution in [1.82, 2.24) is 10.2 Å². The molecule has 1 N–H and O–H groups in total. The largest absolute Gasteiger partial charge is 0.497 e. The van der Waals surface area contributed by atoms with E-state index in [4.69, 9.17) is 9.47 Å². The minimum atomic E-state index is 0.378. The summed E-state index contributed by atoms with van der Waals surface area (Å²) < 4.78 is 11.1. The van der Waals surface area contributed by atoms with Gasteiger partial charge in [0.15, 0.2) is 0 Å². The van der Waals surface area contributed by atoms with Crippen LogP contribution in [-0.4, -0.2) is 44.8 Å². The zero-order valence-corrected chi connectivity index (χ0v) is 12.4. The second kappa shape index (κ2) is 6.02. The topological polar surface area (TPSA) is 33.7 Å². The first kappa shape index (κ1) is 13.7. The average Bonchev–Trinajstić information content (AvgIpc) is 2.89. The van der Waals surface area contributed by atoms with E-state index in [1.807, 2.05) is 12.1 Å². The Morgan fingerprint density at radius 3 is 3.05 bits per heavy atom. The van der Waals surface area contributed by atoms with E-state index in [2.05, 4.69) is 23.3 Å². The number of rotatable bonds is 4. The third kappa shape index (κ3) is 2.76. The Balaban J connectivity index is 1.69. The SMILES string of the molecule is COc1ccc2c(c1)C(NCC1CCCN1C)CCO2. The van der Waals surface area contributed by atoms with E-state index in [0.717, 1.165) is 31.1 Å². The van der Waals surface area contributed by atoms with Gasteiger partial charge in [0.2, 0.25) is 0 Å². The summed E-state index contributed by atoms with van der Waals surface area (Å²) in [6.45, 7) is 3.07. The number of hydrogen-bond acceptors (Lipinski definition) is 4. The standard InChI is InChI=1S/C16H24N2O2/c1-18-8-3-4-12(18)11-17-15-7-9-20-16-6-5-13(19-2)10-14(15)16/h5-6,10,12,15,17H,3-4,7-9,11H2,1-2H3. The summed E-state index contributed by atoms with van der Waals surface area (Å²) in [7, 11) is 3.93. The molecule has 2 aliphatic rings. The van der Waals surface area contributed by atoms with Gasteiger partial charge < -0.3 is 19.7 Å². The Morgan fingerprint density at radius 1 is 1.40 bits per heavy atom. The molecular weight excluding hydrogens is 252 g/mol. The van der Waals surface area contributed by atoms with E-state index in [0.29, 0.717) is 12.1 Å². The molecular formula is C16H24N2O2. The third-order valence-electron chi connectivity index (χ3n) is 4.53. The predicted octanol–water partition coefficient (Wildman–Crippen LogP) is 2.20. The zero-order valence-electron chi connectivity index (χ0n) is 12.4. The molecule has 3 rings (SSSR count). The molecule has 1 saturated heterocycles. The average molecular weight is 276 g/mol. The number of likely N-dealkylation sites (N-methyl/N-ethyl adjacent to an activating group) is 1. The van der Waals surface area contributed by atoms with E-state index in [1.54, 1.807) is 7.11 Å². The van der Waals surface area contributed by atoms with Gasteiger partial charge in [-0.15, -0.1) is 0 Å². The van der Waals surface area contributed by atoms with Crippen LogP contribution < -0.4 is 14.8 Å². The second-order valence-corrected chi connectivity index (χ2v) is 5.78. The summed E-state index contributed by atoms with van der Waals surface area (Å²) in [5.74, 6) is 1.90. The predicted molar refractivity (Wildman–Crippen MR) is 79.5 cm³/mol. The van der Waals surface area contributed by atoms with Crippen LogP contribution in [0.15, 0.2) is 18.2 Å². The van der Waals surface area contributed by atoms with E-state index >= 15 is 0 Å². The number of nitrogens with one attached hydrogen (secondary N) is 1. The van der Waals surface area contributed by atoms with Crippen molar-refractivity contribution < 1.29 is 9.47 Å². The minimum absolute atomic E-state index is 0.378. The fourth-order valence-corrected chi connectivity index (χ4v) is 3.23. The van der Waals surface area contributed by atoms with Crippen LogP contribution in [0, 0.1) is 0 Å². The maximum atomic E-state index is 5.74. The molecule has 2 aliphatic heterocycles. The van der Waals surface area contributed by atoms with E-state index in [9.17, 15) is 0 Å². The van der Waals surface area contributed by atoms with Crippen LogP contribution in [0.5, 0.6) is 11.5 Å². The maximum absolute atomic E-state index is 5.74. The highest BCUT2D eigenvalue weighted by atomic mass is 16.5. The molecule has 0 radical (unpaired) electrons. The van der Waals surface area contributed by atoms with E-state index in [1.165, 1.54) is 24.9 Å². The van der Waals surface area contributed by atoms with Crippen molar-refractivity contribution in [2.45, 2.75) is 31.3 Å². The lowest BCUT2D eigenvalue weighted by molar-refractivity contribution is 0.236. The quantitative estimate of drug-likeness (QED) is 0.914. The van der Waals surface area contributed by atoms with Gasteiger partial charge in [0.1, 0.15) is 11.5 Å². The molecule has 2 unspecified atom stereocenters. The van der Waals surface area contributed by atoms with Crippen LogP contribution in [0.25, 0.3) is 0 Å². The summed E-state index contributed by atoms with van der Waals surface area (Å²) in [5.41, 5.74) is 1.23. The molecule has 1 fully saturated rings. The van der Waals surface area contributed by atoms with Gasteiger partial charge in [-0.3, -0.25) is 0 Å². The monoisotopic (exact) mass is 276 g/mol. The maximum Gasteiger partial charge on any atom is 0.124 e. The van der Waals surface area contributed by atoms with Crippen molar-refractivity contribution in [1.29, 1.82) is 0 Å². The second-order valence-electron chi connectivity index (χ2n) is 5.78. The molecule has 4 heteroatoms. The van der Waals surface area contributed by atoms with Crippen molar-refractivity contribution in [3.63, 3.8) is 0 Å². The normalized spacial score (nSPS) is 26.1. The van der Waals surface area contributed by atoms with Crippen LogP contribution in [-0.2, 0) is 0 Å². The van der Waals surface area contributed by atoms with Crippen molar-refractivity contribution in [2.75, 3.05) is 33.9 Å². The molecule has 4 nitrogen and oxygen atoms in total. The first-order chi connectivity index (χ1) is 9.78. The number of likely N-dealkylation sites (tertiary alicyclic amines) is 1. The van der Waals surface area contributed by atoms with Gasteiger partial charge in [-0.05, 0) is 44.6 Å². The molecule has 0 amide bonds. The Labute approximate surface area is 121 Å². The van der Waals surface area contributed by atoms with Gasteiger partial charge in [0.25, 0.3) is 0 Å². The van der Waals surface area contributed by atoms with Gasteiger partial charge >= 0.3 is 0 Å². The van der Waals surface area contributed by atoms with Crippen LogP contribution in [0.1, 0.15) is 30.9 Å². The number of hydrogen-bond donors (Lipinski definition) is 1. The van der Waals surface area contributed by atoms with Gasteiger partial charge in [-0.25, -0.2) is 0 Å². The van der Waals surface area contributed by atoms with Gasteiger partial charge in [0.05, 0.1) is 13.7 Å². The zero-order chi connectivity index (χ0) is 13.9. The van der Waals surface area contributed by atoms with E-state index in [-0.39, 0.29) is 0 Å². The molecule has 1 aromatic rings. The minimum Gasteiger partial charge on any atom is -0.497 e. The highest BCUT2D eigenvalue weighted by Crippen LogP contribution is 2.34.